The number of carbonyl (C=O) groups is 1. The summed E-state index contributed by atoms with van der Waals surface area (Å²) in [5, 5.41) is 10.9. The maximum absolute atomic E-state index is 11.8. The Kier molecular flexibility index (Phi) is 6.36. The molecule has 6 nitrogen and oxygen atoms in total. The summed E-state index contributed by atoms with van der Waals surface area (Å²) >= 11 is 0. The average molecular weight is 308 g/mol. The molecule has 1 aromatic heterocycles. The van der Waals surface area contributed by atoms with Gasteiger partial charge >= 0.3 is 0 Å². The molecular weight excluding hydrogens is 280 g/mol. The Balaban J connectivity index is 1.64. The Morgan fingerprint density at radius 3 is 3.05 bits per heavy atom. The number of aromatic nitrogens is 3. The van der Waals surface area contributed by atoms with Gasteiger partial charge in [0.25, 0.3) is 0 Å². The lowest BCUT2D eigenvalue weighted by Gasteiger charge is -2.26. The summed E-state index contributed by atoms with van der Waals surface area (Å²) in [6.45, 7) is 7.15. The van der Waals surface area contributed by atoms with Crippen LogP contribution in [0.1, 0.15) is 58.3 Å². The van der Waals surface area contributed by atoms with Crippen LogP contribution in [0.5, 0.6) is 0 Å². The Hall–Kier alpha value is -1.43. The molecular formula is C16H28N4O2. The first-order chi connectivity index (χ1) is 10.6. The van der Waals surface area contributed by atoms with E-state index < -0.39 is 0 Å². The second-order valence-electron chi connectivity index (χ2n) is 6.55. The Labute approximate surface area is 132 Å². The van der Waals surface area contributed by atoms with Crippen LogP contribution in [0.2, 0.25) is 0 Å². The highest BCUT2D eigenvalue weighted by Crippen LogP contribution is 2.25. The molecule has 0 radical (unpaired) electrons. The van der Waals surface area contributed by atoms with Gasteiger partial charge in [-0.3, -0.25) is 4.79 Å². The lowest BCUT2D eigenvalue weighted by Crippen LogP contribution is -2.33. The van der Waals surface area contributed by atoms with Crippen LogP contribution in [0.15, 0.2) is 6.33 Å². The Bertz CT molecular complexity index is 472. The van der Waals surface area contributed by atoms with Gasteiger partial charge in [0.15, 0.2) is 0 Å². The number of carbonyl (C=O) groups excluding carboxylic acids is 1. The monoisotopic (exact) mass is 308 g/mol. The Morgan fingerprint density at radius 1 is 1.50 bits per heavy atom. The summed E-state index contributed by atoms with van der Waals surface area (Å²) in [4.78, 5) is 11.8. The van der Waals surface area contributed by atoms with Gasteiger partial charge in [-0.25, -0.2) is 0 Å². The van der Waals surface area contributed by atoms with Gasteiger partial charge in [0, 0.05) is 19.0 Å². The number of amides is 1. The van der Waals surface area contributed by atoms with E-state index >= 15 is 0 Å². The molecule has 1 amide bonds. The third-order valence-corrected chi connectivity index (χ3v) is 4.21. The molecule has 6 heteroatoms. The molecule has 1 saturated carbocycles. The maximum Gasteiger partial charge on any atom is 0.246 e. The molecule has 0 aliphatic heterocycles. The van der Waals surface area contributed by atoms with E-state index in [2.05, 4.69) is 36.3 Å². The van der Waals surface area contributed by atoms with Gasteiger partial charge in [-0.1, -0.05) is 19.8 Å². The lowest BCUT2D eigenvalue weighted by molar-refractivity contribution is -0.128. The van der Waals surface area contributed by atoms with Gasteiger partial charge in [0.1, 0.15) is 18.8 Å². The minimum Gasteiger partial charge on any atom is -0.368 e. The van der Waals surface area contributed by atoms with Gasteiger partial charge in [0.2, 0.25) is 5.91 Å². The average Bonchev–Trinajstić information content (AvgIpc) is 2.94. The van der Waals surface area contributed by atoms with Crippen LogP contribution in [0.3, 0.4) is 0 Å². The van der Waals surface area contributed by atoms with Crippen LogP contribution < -0.4 is 5.32 Å². The third kappa shape index (κ3) is 5.09. The van der Waals surface area contributed by atoms with Crippen molar-refractivity contribution in [1.29, 1.82) is 0 Å². The minimum absolute atomic E-state index is 0.0474. The summed E-state index contributed by atoms with van der Waals surface area (Å²) in [5.41, 5.74) is 0. The zero-order valence-electron chi connectivity index (χ0n) is 13.9. The SMILES string of the molecule is CC1CCCC(OCC(=O)NCCc2nncn2C(C)C)C1. The van der Waals surface area contributed by atoms with Crippen molar-refractivity contribution in [3.63, 3.8) is 0 Å². The fraction of sp³-hybridized carbons (Fsp3) is 0.812. The van der Waals surface area contributed by atoms with E-state index in [1.54, 1.807) is 6.33 Å². The summed E-state index contributed by atoms with van der Waals surface area (Å²) in [7, 11) is 0. The van der Waals surface area contributed by atoms with Crippen molar-refractivity contribution in [2.45, 2.75) is 65.0 Å². The smallest absolute Gasteiger partial charge is 0.246 e. The number of ether oxygens (including phenoxy) is 1. The van der Waals surface area contributed by atoms with Gasteiger partial charge in [-0.2, -0.15) is 0 Å². The molecule has 0 bridgehead atoms. The highest BCUT2D eigenvalue weighted by atomic mass is 16.5. The molecule has 2 rings (SSSR count). The predicted octanol–water partition coefficient (Wildman–Crippen LogP) is 2.11. The first-order valence-corrected chi connectivity index (χ1v) is 8.33. The van der Waals surface area contributed by atoms with E-state index in [1.807, 2.05) is 4.57 Å². The van der Waals surface area contributed by atoms with Crippen LogP contribution in [0, 0.1) is 5.92 Å². The van der Waals surface area contributed by atoms with Crippen LogP contribution >= 0.6 is 0 Å². The summed E-state index contributed by atoms with van der Waals surface area (Å²) < 4.78 is 7.74. The van der Waals surface area contributed by atoms with Crippen molar-refractivity contribution in [1.82, 2.24) is 20.1 Å². The van der Waals surface area contributed by atoms with Crippen molar-refractivity contribution in [2.75, 3.05) is 13.2 Å². The highest BCUT2D eigenvalue weighted by molar-refractivity contribution is 5.77. The van der Waals surface area contributed by atoms with Gasteiger partial charge in [-0.15, -0.1) is 10.2 Å². The molecule has 2 atom stereocenters. The molecule has 1 aromatic rings. The van der Waals surface area contributed by atoms with Gasteiger partial charge in [0.05, 0.1) is 6.10 Å². The number of rotatable bonds is 7. The van der Waals surface area contributed by atoms with E-state index in [0.29, 0.717) is 24.9 Å². The van der Waals surface area contributed by atoms with E-state index in [4.69, 9.17) is 4.74 Å². The van der Waals surface area contributed by atoms with Gasteiger partial charge < -0.3 is 14.6 Å². The van der Waals surface area contributed by atoms with E-state index in [-0.39, 0.29) is 18.6 Å². The minimum atomic E-state index is -0.0474. The van der Waals surface area contributed by atoms with Crippen molar-refractivity contribution >= 4 is 5.91 Å². The van der Waals surface area contributed by atoms with Crippen LogP contribution in [0.25, 0.3) is 0 Å². The molecule has 1 N–H and O–H groups in total. The summed E-state index contributed by atoms with van der Waals surface area (Å²) in [6.07, 6.45) is 7.30. The zero-order valence-corrected chi connectivity index (χ0v) is 13.9. The highest BCUT2D eigenvalue weighted by Gasteiger charge is 2.20. The number of nitrogens with one attached hydrogen (secondary N) is 1. The van der Waals surface area contributed by atoms with E-state index in [1.165, 1.54) is 12.8 Å². The normalized spacial score (nSPS) is 22.0. The molecule has 2 unspecified atom stereocenters. The predicted molar refractivity (Wildman–Crippen MR) is 84.5 cm³/mol. The molecule has 1 aliphatic rings. The van der Waals surface area contributed by atoms with Crippen LogP contribution in [-0.2, 0) is 16.0 Å². The second-order valence-corrected chi connectivity index (χ2v) is 6.55. The van der Waals surface area contributed by atoms with Crippen LogP contribution in [-0.4, -0.2) is 39.9 Å². The molecule has 0 saturated heterocycles. The van der Waals surface area contributed by atoms with Gasteiger partial charge in [-0.05, 0) is 32.6 Å². The first kappa shape index (κ1) is 16.9. The third-order valence-electron chi connectivity index (χ3n) is 4.21. The summed E-state index contributed by atoms with van der Waals surface area (Å²) in [5.74, 6) is 1.57. The number of nitrogens with zero attached hydrogens (tertiary/aromatic N) is 3. The largest absolute Gasteiger partial charge is 0.368 e. The quantitative estimate of drug-likeness (QED) is 0.837. The molecule has 0 aromatic carbocycles. The fourth-order valence-electron chi connectivity index (χ4n) is 2.96. The van der Waals surface area contributed by atoms with Crippen molar-refractivity contribution in [3.8, 4) is 0 Å². The van der Waals surface area contributed by atoms with Crippen molar-refractivity contribution in [2.24, 2.45) is 5.92 Å². The van der Waals surface area contributed by atoms with E-state index in [0.717, 1.165) is 18.7 Å². The Morgan fingerprint density at radius 2 is 2.32 bits per heavy atom. The molecule has 1 heterocycles. The molecule has 0 spiro atoms. The first-order valence-electron chi connectivity index (χ1n) is 8.33. The lowest BCUT2D eigenvalue weighted by atomic mass is 9.89. The number of hydrogen-bond donors (Lipinski definition) is 1. The second kappa shape index (κ2) is 8.27. The van der Waals surface area contributed by atoms with Crippen molar-refractivity contribution < 1.29 is 9.53 Å². The molecule has 1 aliphatic carbocycles. The molecule has 22 heavy (non-hydrogen) atoms. The van der Waals surface area contributed by atoms with Crippen molar-refractivity contribution in [3.05, 3.63) is 12.2 Å². The summed E-state index contributed by atoms with van der Waals surface area (Å²) in [6, 6.07) is 0.331. The molecule has 124 valence electrons. The van der Waals surface area contributed by atoms with Crippen LogP contribution in [0.4, 0.5) is 0 Å². The number of hydrogen-bond acceptors (Lipinski definition) is 4. The van der Waals surface area contributed by atoms with E-state index in [9.17, 15) is 4.79 Å². The maximum atomic E-state index is 11.8. The standard InChI is InChI=1S/C16H28N4O2/c1-12(2)20-11-18-19-15(20)7-8-17-16(21)10-22-14-6-4-5-13(3)9-14/h11-14H,4-10H2,1-3H3,(H,17,21). The fourth-order valence-corrected chi connectivity index (χ4v) is 2.96. The zero-order chi connectivity index (χ0) is 15.9. The topological polar surface area (TPSA) is 69.0 Å². The molecule has 1 fully saturated rings.